The number of thiazole rings is 1. The van der Waals surface area contributed by atoms with Crippen molar-refractivity contribution in [1.82, 2.24) is 30.1 Å². The van der Waals surface area contributed by atoms with Crippen LogP contribution in [-0.2, 0) is 4.74 Å². The Balaban J connectivity index is 1.49. The zero-order valence-electron chi connectivity index (χ0n) is 18.8. The Bertz CT molecular complexity index is 1020. The molecule has 1 unspecified atom stereocenters. The van der Waals surface area contributed by atoms with Crippen LogP contribution < -0.4 is 4.74 Å². The van der Waals surface area contributed by atoms with Crippen molar-refractivity contribution in [2.75, 3.05) is 13.1 Å². The van der Waals surface area contributed by atoms with E-state index in [4.69, 9.17) is 14.5 Å². The lowest BCUT2D eigenvalue weighted by molar-refractivity contribution is 0.0204. The van der Waals surface area contributed by atoms with Crippen LogP contribution in [0.3, 0.4) is 0 Å². The van der Waals surface area contributed by atoms with Crippen LogP contribution in [0.1, 0.15) is 61.3 Å². The third-order valence-corrected chi connectivity index (χ3v) is 6.52. The maximum Gasteiger partial charge on any atom is 0.410 e. The number of benzene rings is 1. The van der Waals surface area contributed by atoms with Crippen molar-refractivity contribution in [3.8, 4) is 5.75 Å². The molecule has 1 atom stereocenters. The number of ether oxygens (including phenoxy) is 2. The molecular weight excluding hydrogens is 428 g/mol. The highest BCUT2D eigenvalue weighted by Crippen LogP contribution is 2.37. The predicted molar refractivity (Wildman–Crippen MR) is 120 cm³/mol. The standard InChI is InChI=1S/C22H28N6O3S/c1-15-18(20(28-14-23-25-26-28)30-17-8-6-5-7-9-17)32-19(24-15)16-10-12-27(13-11-16)21(29)31-22(2,3)4/h5-9,14,16,20H,10-13H2,1-4H3. The molecule has 0 radical (unpaired) electrons. The molecule has 0 spiro atoms. The molecule has 3 heterocycles. The quantitative estimate of drug-likeness (QED) is 0.568. The smallest absolute Gasteiger partial charge is 0.410 e. The Labute approximate surface area is 191 Å². The van der Waals surface area contributed by atoms with Crippen LogP contribution in [0.5, 0.6) is 5.75 Å². The fraction of sp³-hybridized carbons (Fsp3) is 0.500. The van der Waals surface area contributed by atoms with Crippen molar-refractivity contribution in [2.45, 2.75) is 58.3 Å². The Morgan fingerprint density at radius 2 is 1.91 bits per heavy atom. The number of aryl methyl sites for hydroxylation is 1. The SMILES string of the molecule is Cc1nc(C2CCN(C(=O)OC(C)(C)C)CC2)sc1C(Oc1ccccc1)n1cnnn1. The number of piperidine rings is 1. The van der Waals surface area contributed by atoms with Gasteiger partial charge in [-0.15, -0.1) is 16.4 Å². The lowest BCUT2D eigenvalue weighted by atomic mass is 9.98. The van der Waals surface area contributed by atoms with E-state index in [0.29, 0.717) is 13.1 Å². The van der Waals surface area contributed by atoms with Crippen LogP contribution in [0, 0.1) is 6.92 Å². The summed E-state index contributed by atoms with van der Waals surface area (Å²) < 4.78 is 13.3. The van der Waals surface area contributed by atoms with Gasteiger partial charge in [-0.05, 0) is 63.1 Å². The zero-order chi connectivity index (χ0) is 22.7. The van der Waals surface area contributed by atoms with Crippen molar-refractivity contribution < 1.29 is 14.3 Å². The van der Waals surface area contributed by atoms with Crippen molar-refractivity contribution >= 4 is 17.4 Å². The van der Waals surface area contributed by atoms with Gasteiger partial charge in [-0.25, -0.2) is 9.78 Å². The van der Waals surface area contributed by atoms with Gasteiger partial charge < -0.3 is 14.4 Å². The highest BCUT2D eigenvalue weighted by Gasteiger charge is 2.31. The molecule has 4 rings (SSSR count). The van der Waals surface area contributed by atoms with Gasteiger partial charge in [0.05, 0.1) is 15.6 Å². The van der Waals surface area contributed by atoms with Crippen molar-refractivity contribution in [3.05, 3.63) is 52.2 Å². The average molecular weight is 457 g/mol. The first kappa shape index (κ1) is 22.2. The summed E-state index contributed by atoms with van der Waals surface area (Å²) in [6.07, 6.45) is 2.50. The minimum atomic E-state index is -0.500. The van der Waals surface area contributed by atoms with Gasteiger partial charge in [-0.2, -0.15) is 4.68 Å². The van der Waals surface area contributed by atoms with E-state index in [1.165, 1.54) is 0 Å². The van der Waals surface area contributed by atoms with Gasteiger partial charge in [0.15, 0.2) is 0 Å². The number of tetrazole rings is 1. The summed E-state index contributed by atoms with van der Waals surface area (Å²) in [5.74, 6) is 1.02. The van der Waals surface area contributed by atoms with Crippen LogP contribution >= 0.6 is 11.3 Å². The third-order valence-electron chi connectivity index (χ3n) is 5.17. The summed E-state index contributed by atoms with van der Waals surface area (Å²) in [5.41, 5.74) is 0.412. The van der Waals surface area contributed by atoms with Gasteiger partial charge in [-0.3, -0.25) is 0 Å². The van der Waals surface area contributed by atoms with E-state index in [9.17, 15) is 4.79 Å². The second kappa shape index (κ2) is 9.23. The number of para-hydroxylation sites is 1. The van der Waals surface area contributed by atoms with Crippen molar-refractivity contribution in [3.63, 3.8) is 0 Å². The molecule has 32 heavy (non-hydrogen) atoms. The monoisotopic (exact) mass is 456 g/mol. The average Bonchev–Trinajstić information content (AvgIpc) is 3.42. The van der Waals surface area contributed by atoms with Crippen LogP contribution in [0.2, 0.25) is 0 Å². The Morgan fingerprint density at radius 1 is 1.19 bits per heavy atom. The highest BCUT2D eigenvalue weighted by atomic mass is 32.1. The maximum absolute atomic E-state index is 12.4. The fourth-order valence-electron chi connectivity index (χ4n) is 3.60. The summed E-state index contributed by atoms with van der Waals surface area (Å²) in [6.45, 7) is 8.95. The maximum atomic E-state index is 12.4. The molecular formula is C22H28N6O3S. The molecule has 170 valence electrons. The molecule has 1 aromatic carbocycles. The summed E-state index contributed by atoms with van der Waals surface area (Å²) >= 11 is 1.62. The first-order valence-electron chi connectivity index (χ1n) is 10.7. The number of hydrogen-bond donors (Lipinski definition) is 0. The molecule has 10 heteroatoms. The Kier molecular flexibility index (Phi) is 6.40. The van der Waals surface area contributed by atoms with Crippen molar-refractivity contribution in [1.29, 1.82) is 0 Å². The summed E-state index contributed by atoms with van der Waals surface area (Å²) in [7, 11) is 0. The molecule has 1 aliphatic rings. The predicted octanol–water partition coefficient (Wildman–Crippen LogP) is 4.18. The fourth-order valence-corrected chi connectivity index (χ4v) is 4.86. The molecule has 1 saturated heterocycles. The molecule has 0 aliphatic carbocycles. The third kappa shape index (κ3) is 5.24. The topological polar surface area (TPSA) is 95.3 Å². The first-order valence-corrected chi connectivity index (χ1v) is 11.5. The molecule has 2 aromatic heterocycles. The Morgan fingerprint density at radius 3 is 2.53 bits per heavy atom. The van der Waals surface area contributed by atoms with E-state index >= 15 is 0 Å². The van der Waals surface area contributed by atoms with Crippen LogP contribution in [-0.4, -0.2) is 54.9 Å². The van der Waals surface area contributed by atoms with E-state index in [-0.39, 0.29) is 12.0 Å². The molecule has 0 bridgehead atoms. The van der Waals surface area contributed by atoms with Gasteiger partial charge >= 0.3 is 6.09 Å². The lowest BCUT2D eigenvalue weighted by Crippen LogP contribution is -2.41. The summed E-state index contributed by atoms with van der Waals surface area (Å²) in [5, 5.41) is 12.7. The Hall–Kier alpha value is -3.01. The van der Waals surface area contributed by atoms with Gasteiger partial charge in [0.1, 0.15) is 17.7 Å². The number of nitrogens with zero attached hydrogens (tertiary/aromatic N) is 6. The number of likely N-dealkylation sites (tertiary alicyclic amines) is 1. The highest BCUT2D eigenvalue weighted by molar-refractivity contribution is 7.11. The molecule has 1 amide bonds. The lowest BCUT2D eigenvalue weighted by Gasteiger charge is -2.32. The number of hydrogen-bond acceptors (Lipinski definition) is 8. The summed E-state index contributed by atoms with van der Waals surface area (Å²) in [6, 6.07) is 9.60. The number of rotatable bonds is 5. The number of amides is 1. The van der Waals surface area contributed by atoms with Crippen LogP contribution in [0.4, 0.5) is 4.79 Å². The molecule has 1 fully saturated rings. The van der Waals surface area contributed by atoms with E-state index < -0.39 is 11.8 Å². The van der Waals surface area contributed by atoms with Crippen molar-refractivity contribution in [2.24, 2.45) is 0 Å². The van der Waals surface area contributed by atoms with Gasteiger partial charge in [0, 0.05) is 19.0 Å². The van der Waals surface area contributed by atoms with Crippen LogP contribution in [0.15, 0.2) is 36.7 Å². The normalized spacial score (nSPS) is 16.1. The van der Waals surface area contributed by atoms with Gasteiger partial charge in [0.25, 0.3) is 0 Å². The molecule has 3 aromatic rings. The van der Waals surface area contributed by atoms with E-state index in [1.54, 1.807) is 27.2 Å². The number of aromatic nitrogens is 5. The minimum Gasteiger partial charge on any atom is -0.463 e. The van der Waals surface area contributed by atoms with E-state index in [2.05, 4.69) is 15.5 Å². The van der Waals surface area contributed by atoms with Gasteiger partial charge in [0.2, 0.25) is 6.23 Å². The first-order chi connectivity index (χ1) is 15.3. The molecule has 9 nitrogen and oxygen atoms in total. The minimum absolute atomic E-state index is 0.248. The van der Waals surface area contributed by atoms with E-state index in [1.807, 2.05) is 58.0 Å². The number of carbonyl (C=O) groups excluding carboxylic acids is 1. The molecule has 0 saturated carbocycles. The number of carbonyl (C=O) groups is 1. The second-order valence-corrected chi connectivity index (χ2v) is 9.88. The second-order valence-electron chi connectivity index (χ2n) is 8.82. The molecule has 1 aliphatic heterocycles. The molecule has 0 N–H and O–H groups in total. The van der Waals surface area contributed by atoms with Gasteiger partial charge in [-0.1, -0.05) is 18.2 Å². The largest absolute Gasteiger partial charge is 0.463 e. The summed E-state index contributed by atoms with van der Waals surface area (Å²) in [4.78, 5) is 20.0. The zero-order valence-corrected chi connectivity index (χ0v) is 19.6. The van der Waals surface area contributed by atoms with E-state index in [0.717, 1.165) is 34.2 Å². The van der Waals surface area contributed by atoms with Crippen LogP contribution in [0.25, 0.3) is 0 Å².